The predicted molar refractivity (Wildman–Crippen MR) is 131 cm³/mol. The van der Waals surface area contributed by atoms with Crippen molar-refractivity contribution < 1.29 is 19.1 Å². The van der Waals surface area contributed by atoms with Crippen molar-refractivity contribution in [1.29, 1.82) is 0 Å². The van der Waals surface area contributed by atoms with Crippen LogP contribution < -0.4 is 16.1 Å². The molecule has 0 spiro atoms. The van der Waals surface area contributed by atoms with Crippen molar-refractivity contribution >= 4 is 11.8 Å². The minimum Gasteiger partial charge on any atom is -0.379 e. The van der Waals surface area contributed by atoms with Crippen molar-refractivity contribution in [2.75, 3.05) is 19.8 Å². The molecular weight excluding hydrogens is 434 g/mol. The van der Waals surface area contributed by atoms with E-state index in [1.54, 1.807) is 17.0 Å². The van der Waals surface area contributed by atoms with E-state index in [4.69, 9.17) is 9.47 Å². The normalized spacial score (nSPS) is 19.6. The molecule has 3 rings (SSSR count). The molecule has 1 aromatic rings. The monoisotopic (exact) mass is 475 g/mol. The fraction of sp³-hybridized carbons (Fsp3) is 0.731. The molecule has 8 heteroatoms. The minimum atomic E-state index is -0.525. The average molecular weight is 476 g/mol. The van der Waals surface area contributed by atoms with Gasteiger partial charge in [0.15, 0.2) is 0 Å². The maximum absolute atomic E-state index is 13.2. The third-order valence-electron chi connectivity index (χ3n) is 6.51. The van der Waals surface area contributed by atoms with Gasteiger partial charge in [-0.2, -0.15) is 0 Å². The van der Waals surface area contributed by atoms with Crippen LogP contribution in [0.25, 0.3) is 0 Å². The number of carbonyl (C=O) groups is 2. The van der Waals surface area contributed by atoms with E-state index in [-0.39, 0.29) is 29.4 Å². The van der Waals surface area contributed by atoms with Gasteiger partial charge in [-0.1, -0.05) is 32.1 Å². The molecule has 2 amide bonds. The molecule has 34 heavy (non-hydrogen) atoms. The third kappa shape index (κ3) is 8.24. The summed E-state index contributed by atoms with van der Waals surface area (Å²) in [5.41, 5.74) is -0.508. The molecular formula is C26H41N3O5. The van der Waals surface area contributed by atoms with Crippen molar-refractivity contribution in [3.63, 3.8) is 0 Å². The molecule has 2 heterocycles. The van der Waals surface area contributed by atoms with Crippen LogP contribution in [-0.4, -0.2) is 54.4 Å². The van der Waals surface area contributed by atoms with Crippen molar-refractivity contribution in [3.05, 3.63) is 33.7 Å². The molecule has 1 aliphatic heterocycles. The van der Waals surface area contributed by atoms with Crippen molar-refractivity contribution in [1.82, 2.24) is 15.2 Å². The van der Waals surface area contributed by atoms with Crippen LogP contribution in [0.5, 0.6) is 0 Å². The number of hydrogen-bond acceptors (Lipinski definition) is 5. The first kappa shape index (κ1) is 26.4. The summed E-state index contributed by atoms with van der Waals surface area (Å²) in [5, 5.41) is 5.87. The van der Waals surface area contributed by atoms with Crippen LogP contribution >= 0.6 is 0 Å². The Morgan fingerprint density at radius 3 is 2.35 bits per heavy atom. The van der Waals surface area contributed by atoms with Crippen molar-refractivity contribution in [3.8, 4) is 0 Å². The van der Waals surface area contributed by atoms with Gasteiger partial charge in [0.2, 0.25) is 5.43 Å². The quantitative estimate of drug-likeness (QED) is 0.505. The number of rotatable bonds is 10. The second-order valence-corrected chi connectivity index (χ2v) is 9.79. The molecule has 2 fully saturated rings. The summed E-state index contributed by atoms with van der Waals surface area (Å²) < 4.78 is 13.0. The van der Waals surface area contributed by atoms with Gasteiger partial charge in [0.25, 0.3) is 11.8 Å². The molecule has 1 atom stereocenters. The Hall–Kier alpha value is -2.19. The summed E-state index contributed by atoms with van der Waals surface area (Å²) in [4.78, 5) is 39.2. The van der Waals surface area contributed by atoms with Gasteiger partial charge in [-0.15, -0.1) is 0 Å². The number of carbonyl (C=O) groups excluding carboxylic acids is 2. The summed E-state index contributed by atoms with van der Waals surface area (Å²) in [7, 11) is 0. The van der Waals surface area contributed by atoms with E-state index in [0.29, 0.717) is 32.7 Å². The maximum Gasteiger partial charge on any atom is 0.256 e. The molecule has 0 unspecified atom stereocenters. The van der Waals surface area contributed by atoms with Crippen molar-refractivity contribution in [2.24, 2.45) is 0 Å². The first-order valence-corrected chi connectivity index (χ1v) is 13.0. The molecule has 190 valence electrons. The van der Waals surface area contributed by atoms with Gasteiger partial charge in [-0.05, 0) is 46.0 Å². The van der Waals surface area contributed by atoms with Gasteiger partial charge in [0, 0.05) is 44.7 Å². The second-order valence-electron chi connectivity index (χ2n) is 9.79. The molecule has 0 bridgehead atoms. The molecule has 1 aromatic heterocycles. The molecule has 2 N–H and O–H groups in total. The molecule has 1 saturated heterocycles. The van der Waals surface area contributed by atoms with Gasteiger partial charge in [-0.25, -0.2) is 0 Å². The lowest BCUT2D eigenvalue weighted by molar-refractivity contribution is 0.0756. The zero-order valence-corrected chi connectivity index (χ0v) is 20.8. The molecule has 1 saturated carbocycles. The van der Waals surface area contributed by atoms with Gasteiger partial charge in [-0.3, -0.25) is 14.4 Å². The van der Waals surface area contributed by atoms with E-state index in [1.807, 2.05) is 13.8 Å². The molecule has 0 radical (unpaired) electrons. The van der Waals surface area contributed by atoms with Crippen LogP contribution in [0.1, 0.15) is 98.8 Å². The summed E-state index contributed by atoms with van der Waals surface area (Å²) in [6, 6.07) is 0.0669. The van der Waals surface area contributed by atoms with E-state index in [2.05, 4.69) is 10.6 Å². The van der Waals surface area contributed by atoms with Crippen LogP contribution in [0.4, 0.5) is 0 Å². The third-order valence-corrected chi connectivity index (χ3v) is 6.51. The maximum atomic E-state index is 13.2. The zero-order chi connectivity index (χ0) is 24.3. The Morgan fingerprint density at radius 1 is 1.03 bits per heavy atom. The lowest BCUT2D eigenvalue weighted by atomic mass is 9.96. The van der Waals surface area contributed by atoms with Crippen LogP contribution in [0, 0.1) is 0 Å². The SMILES string of the molecule is CC(C)OCCCNC(=O)c1cn(C[C@H]2CCCO2)cc(C(=O)NC2CCCCCCC2)c1=O. The number of ether oxygens (including phenoxy) is 2. The number of aromatic nitrogens is 1. The fourth-order valence-electron chi connectivity index (χ4n) is 4.64. The Balaban J connectivity index is 1.74. The number of nitrogens with zero attached hydrogens (tertiary/aromatic N) is 1. The molecule has 8 nitrogen and oxygen atoms in total. The summed E-state index contributed by atoms with van der Waals surface area (Å²) >= 11 is 0. The molecule has 1 aliphatic carbocycles. The first-order chi connectivity index (χ1) is 16.4. The highest BCUT2D eigenvalue weighted by atomic mass is 16.5. The Labute approximate surface area is 202 Å². The second kappa shape index (κ2) is 13.6. The van der Waals surface area contributed by atoms with E-state index in [9.17, 15) is 14.4 Å². The highest BCUT2D eigenvalue weighted by Crippen LogP contribution is 2.18. The lowest BCUT2D eigenvalue weighted by Crippen LogP contribution is -2.40. The smallest absolute Gasteiger partial charge is 0.256 e. The van der Waals surface area contributed by atoms with Crippen LogP contribution in [0.15, 0.2) is 17.2 Å². The Bertz CT molecular complexity index is 852. The molecule has 2 aliphatic rings. The van der Waals surface area contributed by atoms with Crippen molar-refractivity contribution in [2.45, 2.75) is 103 Å². The zero-order valence-electron chi connectivity index (χ0n) is 20.8. The van der Waals surface area contributed by atoms with Gasteiger partial charge in [0.05, 0.1) is 12.2 Å². The Morgan fingerprint density at radius 2 is 1.71 bits per heavy atom. The van der Waals surface area contributed by atoms with E-state index >= 15 is 0 Å². The topological polar surface area (TPSA) is 98.7 Å². The number of amides is 2. The number of nitrogens with one attached hydrogen (secondary N) is 2. The van der Waals surface area contributed by atoms with Gasteiger partial charge in [0.1, 0.15) is 11.1 Å². The summed E-state index contributed by atoms with van der Waals surface area (Å²) in [6.07, 6.45) is 13.5. The number of pyridine rings is 1. The lowest BCUT2D eigenvalue weighted by Gasteiger charge is -2.21. The minimum absolute atomic E-state index is 0.00640. The Kier molecular flexibility index (Phi) is 10.6. The first-order valence-electron chi connectivity index (χ1n) is 13.0. The highest BCUT2D eigenvalue weighted by molar-refractivity contribution is 5.99. The van der Waals surface area contributed by atoms with Gasteiger partial charge < -0.3 is 24.7 Å². The fourth-order valence-corrected chi connectivity index (χ4v) is 4.64. The number of hydrogen-bond donors (Lipinski definition) is 2. The van der Waals surface area contributed by atoms with E-state index in [1.165, 1.54) is 19.3 Å². The van der Waals surface area contributed by atoms with Crippen LogP contribution in [0.3, 0.4) is 0 Å². The predicted octanol–water partition coefficient (Wildman–Crippen LogP) is 3.41. The van der Waals surface area contributed by atoms with E-state index in [0.717, 1.165) is 38.5 Å². The highest BCUT2D eigenvalue weighted by Gasteiger charge is 2.23. The summed E-state index contributed by atoms with van der Waals surface area (Å²) in [6.45, 7) is 6.07. The standard InChI is InChI=1S/C26H41N3O5/c1-19(2)33-15-9-13-27-25(31)22-17-29(16-21-12-8-14-34-21)18-23(24(22)30)26(32)28-20-10-6-4-3-5-7-11-20/h17-21H,3-16H2,1-2H3,(H,27,31)(H,28,32)/t21-/m1/s1. The largest absolute Gasteiger partial charge is 0.379 e. The summed E-state index contributed by atoms with van der Waals surface area (Å²) in [5.74, 6) is -0.854. The van der Waals surface area contributed by atoms with Gasteiger partial charge >= 0.3 is 0 Å². The average Bonchev–Trinajstić information content (AvgIpc) is 3.29. The van der Waals surface area contributed by atoms with E-state index < -0.39 is 17.2 Å². The van der Waals surface area contributed by atoms with Crippen LogP contribution in [-0.2, 0) is 16.0 Å². The van der Waals surface area contributed by atoms with Crippen LogP contribution in [0.2, 0.25) is 0 Å². The molecule has 0 aromatic carbocycles.